The summed E-state index contributed by atoms with van der Waals surface area (Å²) in [7, 11) is 0. The first-order chi connectivity index (χ1) is 17.7. The molecule has 9 nitrogen and oxygen atoms in total. The minimum Gasteiger partial charge on any atom is -0.404 e. The molecule has 6 N–H and O–H groups in total. The molecule has 37 heavy (non-hydrogen) atoms. The molecule has 1 saturated carbocycles. The van der Waals surface area contributed by atoms with Gasteiger partial charge in [-0.05, 0) is 87.6 Å². The molecule has 3 aromatic rings. The summed E-state index contributed by atoms with van der Waals surface area (Å²) >= 11 is 0. The minimum absolute atomic E-state index is 0.0146. The quantitative estimate of drug-likeness (QED) is 0.339. The molecule has 2 aromatic heterocycles. The highest BCUT2D eigenvalue weighted by atomic mass is 16.2. The van der Waals surface area contributed by atoms with E-state index in [0.29, 0.717) is 34.0 Å². The van der Waals surface area contributed by atoms with E-state index in [9.17, 15) is 9.59 Å². The van der Waals surface area contributed by atoms with E-state index in [1.165, 1.54) is 6.20 Å². The molecule has 0 atom stereocenters. The predicted molar refractivity (Wildman–Crippen MR) is 146 cm³/mol. The van der Waals surface area contributed by atoms with Crippen LogP contribution in [0.2, 0.25) is 0 Å². The van der Waals surface area contributed by atoms with Crippen molar-refractivity contribution in [1.82, 2.24) is 14.8 Å². The molecule has 2 heterocycles. The molecule has 1 aliphatic carbocycles. The molecule has 9 heteroatoms. The number of amides is 2. The summed E-state index contributed by atoms with van der Waals surface area (Å²) in [5.41, 5.74) is 17.9. The van der Waals surface area contributed by atoms with Crippen LogP contribution in [0.15, 0.2) is 55.0 Å². The van der Waals surface area contributed by atoms with E-state index >= 15 is 0 Å². The van der Waals surface area contributed by atoms with Crippen LogP contribution in [-0.2, 0) is 4.79 Å². The Labute approximate surface area is 216 Å². The van der Waals surface area contributed by atoms with E-state index in [1.807, 2.05) is 45.9 Å². The smallest absolute Gasteiger partial charge is 0.259 e. The van der Waals surface area contributed by atoms with Crippen LogP contribution in [0.4, 0.5) is 11.5 Å². The van der Waals surface area contributed by atoms with Gasteiger partial charge >= 0.3 is 0 Å². The third-order valence-corrected chi connectivity index (χ3v) is 6.28. The second kappa shape index (κ2) is 10.7. The van der Waals surface area contributed by atoms with E-state index < -0.39 is 0 Å². The Balaban J connectivity index is 1.55. The number of hydrogen-bond acceptors (Lipinski definition) is 6. The monoisotopic (exact) mass is 499 g/mol. The maximum atomic E-state index is 12.9. The van der Waals surface area contributed by atoms with Crippen LogP contribution in [0.1, 0.15) is 65.5 Å². The Morgan fingerprint density at radius 1 is 1.11 bits per heavy atom. The number of benzene rings is 1. The molecule has 192 valence electrons. The topological polar surface area (TPSA) is 141 Å². The maximum Gasteiger partial charge on any atom is 0.259 e. The number of aromatic nitrogens is 3. The Hall–Kier alpha value is -4.40. The summed E-state index contributed by atoms with van der Waals surface area (Å²) in [5.74, 6) is 0.301. The first kappa shape index (κ1) is 25.7. The van der Waals surface area contributed by atoms with E-state index in [0.717, 1.165) is 29.5 Å². The van der Waals surface area contributed by atoms with Crippen molar-refractivity contribution in [2.24, 2.45) is 17.4 Å². The molecular weight excluding hydrogens is 466 g/mol. The van der Waals surface area contributed by atoms with Crippen molar-refractivity contribution in [2.75, 3.05) is 10.6 Å². The number of nitrogens with one attached hydrogen (secondary N) is 2. The standard InChI is InChI=1S/C28H33N7O2/c1-16(2)35-15-24(18(4)34-35)28(37)32-22-8-5-17(3)23(13-22)25(30)11-21(14-29)20-9-10-31-26(12-20)33-27(36)19-6-7-19/h5,8-16,19H,6-7,29-30H2,1-4H3,(H,32,37)(H,31,33,36)/b21-14+,25-11-. The Morgan fingerprint density at radius 2 is 1.86 bits per heavy atom. The van der Waals surface area contributed by atoms with Gasteiger partial charge in [0.25, 0.3) is 5.91 Å². The van der Waals surface area contributed by atoms with Gasteiger partial charge in [0.05, 0.1) is 11.3 Å². The van der Waals surface area contributed by atoms with Crippen LogP contribution in [0.25, 0.3) is 11.3 Å². The lowest BCUT2D eigenvalue weighted by atomic mass is 10.0. The lowest BCUT2D eigenvalue weighted by molar-refractivity contribution is -0.117. The highest BCUT2D eigenvalue weighted by Gasteiger charge is 2.29. The van der Waals surface area contributed by atoms with Gasteiger partial charge in [-0.15, -0.1) is 0 Å². The van der Waals surface area contributed by atoms with Crippen molar-refractivity contribution in [1.29, 1.82) is 0 Å². The fourth-order valence-electron chi connectivity index (χ4n) is 3.90. The van der Waals surface area contributed by atoms with Gasteiger partial charge in [0.2, 0.25) is 5.91 Å². The number of pyridine rings is 1. The van der Waals surface area contributed by atoms with Crippen LogP contribution in [-0.4, -0.2) is 26.6 Å². The van der Waals surface area contributed by atoms with Crippen LogP contribution in [0.5, 0.6) is 0 Å². The molecule has 4 rings (SSSR count). The van der Waals surface area contributed by atoms with Gasteiger partial charge < -0.3 is 22.1 Å². The number of rotatable bonds is 8. The van der Waals surface area contributed by atoms with Crippen LogP contribution in [0.3, 0.4) is 0 Å². The van der Waals surface area contributed by atoms with Gasteiger partial charge in [0.15, 0.2) is 0 Å². The second-order valence-electron chi connectivity index (χ2n) is 9.60. The van der Waals surface area contributed by atoms with Crippen molar-refractivity contribution in [3.05, 3.63) is 82.9 Å². The van der Waals surface area contributed by atoms with Crippen LogP contribution < -0.4 is 22.1 Å². The normalized spacial score (nSPS) is 14.1. The highest BCUT2D eigenvalue weighted by molar-refractivity contribution is 6.05. The number of hydrogen-bond donors (Lipinski definition) is 4. The van der Waals surface area contributed by atoms with Gasteiger partial charge in [-0.1, -0.05) is 6.07 Å². The highest BCUT2D eigenvalue weighted by Crippen LogP contribution is 2.30. The number of allylic oxidation sites excluding steroid dienone is 2. The zero-order chi connectivity index (χ0) is 26.7. The van der Waals surface area contributed by atoms with Crippen molar-refractivity contribution >= 4 is 34.6 Å². The molecule has 0 bridgehead atoms. The summed E-state index contributed by atoms with van der Waals surface area (Å²) in [5, 5.41) is 10.2. The molecule has 0 aliphatic heterocycles. The molecular formula is C28H33N7O2. The zero-order valence-electron chi connectivity index (χ0n) is 21.6. The zero-order valence-corrected chi connectivity index (χ0v) is 21.6. The molecule has 1 aliphatic rings. The molecule has 2 amide bonds. The number of aryl methyl sites for hydroxylation is 2. The summed E-state index contributed by atoms with van der Waals surface area (Å²) in [6.45, 7) is 7.78. The van der Waals surface area contributed by atoms with E-state index in [2.05, 4.69) is 20.7 Å². The third kappa shape index (κ3) is 6.06. The second-order valence-corrected chi connectivity index (χ2v) is 9.60. The summed E-state index contributed by atoms with van der Waals surface area (Å²) < 4.78 is 1.77. The largest absolute Gasteiger partial charge is 0.404 e. The van der Waals surface area contributed by atoms with Crippen molar-refractivity contribution < 1.29 is 9.59 Å². The van der Waals surface area contributed by atoms with Crippen LogP contribution >= 0.6 is 0 Å². The average Bonchev–Trinajstić information content (AvgIpc) is 3.65. The fourth-order valence-corrected chi connectivity index (χ4v) is 3.90. The van der Waals surface area contributed by atoms with Gasteiger partial charge in [-0.3, -0.25) is 14.3 Å². The number of nitrogens with two attached hydrogens (primary N) is 2. The Morgan fingerprint density at radius 3 is 2.51 bits per heavy atom. The van der Waals surface area contributed by atoms with Gasteiger partial charge in [-0.2, -0.15) is 5.10 Å². The molecule has 0 saturated heterocycles. The fraction of sp³-hybridized carbons (Fsp3) is 0.286. The maximum absolute atomic E-state index is 12.9. The summed E-state index contributed by atoms with van der Waals surface area (Å²) in [6.07, 6.45) is 8.44. The summed E-state index contributed by atoms with van der Waals surface area (Å²) in [4.78, 5) is 29.3. The number of carbonyl (C=O) groups is 2. The summed E-state index contributed by atoms with van der Waals surface area (Å²) in [6, 6.07) is 9.31. The van der Waals surface area contributed by atoms with Crippen molar-refractivity contribution in [3.8, 4) is 0 Å². The van der Waals surface area contributed by atoms with E-state index in [4.69, 9.17) is 11.5 Å². The van der Waals surface area contributed by atoms with Gasteiger partial charge in [-0.25, -0.2) is 4.98 Å². The lowest BCUT2D eigenvalue weighted by Gasteiger charge is -2.12. The van der Waals surface area contributed by atoms with Gasteiger partial charge in [0, 0.05) is 47.5 Å². The third-order valence-electron chi connectivity index (χ3n) is 6.28. The molecule has 0 unspecified atom stereocenters. The average molecular weight is 500 g/mol. The first-order valence-corrected chi connectivity index (χ1v) is 12.3. The first-order valence-electron chi connectivity index (χ1n) is 12.3. The SMILES string of the molecule is Cc1ccc(NC(=O)c2cn(C(C)C)nc2C)cc1/C(N)=C/C(=C\N)c1ccnc(NC(=O)C2CC2)c1. The number of anilines is 2. The predicted octanol–water partition coefficient (Wildman–Crippen LogP) is 4.38. The Bertz CT molecular complexity index is 1400. The van der Waals surface area contributed by atoms with Crippen molar-refractivity contribution in [3.63, 3.8) is 0 Å². The van der Waals surface area contributed by atoms with E-state index in [1.54, 1.807) is 35.3 Å². The molecule has 1 fully saturated rings. The van der Waals surface area contributed by atoms with Gasteiger partial charge in [0.1, 0.15) is 5.82 Å². The molecule has 0 radical (unpaired) electrons. The van der Waals surface area contributed by atoms with Crippen molar-refractivity contribution in [2.45, 2.75) is 46.6 Å². The minimum atomic E-state index is -0.234. The molecule has 0 spiro atoms. The number of nitrogens with zero attached hydrogens (tertiary/aromatic N) is 3. The Kier molecular flexibility index (Phi) is 7.42. The van der Waals surface area contributed by atoms with Crippen LogP contribution in [0, 0.1) is 19.8 Å². The van der Waals surface area contributed by atoms with E-state index in [-0.39, 0.29) is 23.8 Å². The molecule has 1 aromatic carbocycles. The number of carbonyl (C=O) groups excluding carboxylic acids is 2. The lowest BCUT2D eigenvalue weighted by Crippen LogP contribution is -2.14.